The second-order valence-corrected chi connectivity index (χ2v) is 9.15. The summed E-state index contributed by atoms with van der Waals surface area (Å²) in [6.45, 7) is 3.64. The fourth-order valence-corrected chi connectivity index (χ4v) is 4.98. The molecule has 1 saturated carbocycles. The topological polar surface area (TPSA) is 84.9 Å². The van der Waals surface area contributed by atoms with Gasteiger partial charge in [0.25, 0.3) is 5.91 Å². The number of morpholine rings is 1. The predicted octanol–water partition coefficient (Wildman–Crippen LogP) is 1.78. The number of sulfonamides is 1. The van der Waals surface area contributed by atoms with Crippen molar-refractivity contribution in [1.29, 1.82) is 0 Å². The summed E-state index contributed by atoms with van der Waals surface area (Å²) in [5.41, 5.74) is 0. The maximum absolute atomic E-state index is 12.6. The van der Waals surface area contributed by atoms with Crippen LogP contribution in [-0.2, 0) is 19.6 Å². The lowest BCUT2D eigenvalue weighted by Gasteiger charge is -2.29. The standard InChI is InChI=1S/C19H28N2O5S/c1-15-4-2-3-5-18(15)20-19(22)14-26-16-6-8-17(9-7-16)27(23,24)21-10-12-25-13-11-21/h6-9,15,18H,2-5,10-14H2,1H3,(H,20,22). The highest BCUT2D eigenvalue weighted by Crippen LogP contribution is 2.24. The molecular weight excluding hydrogens is 368 g/mol. The van der Waals surface area contributed by atoms with Crippen LogP contribution in [0.1, 0.15) is 32.6 Å². The van der Waals surface area contributed by atoms with E-state index in [2.05, 4.69) is 12.2 Å². The third-order valence-corrected chi connectivity index (χ3v) is 7.17. The van der Waals surface area contributed by atoms with Crippen LogP contribution in [0.3, 0.4) is 0 Å². The molecule has 7 nitrogen and oxygen atoms in total. The average molecular weight is 397 g/mol. The van der Waals surface area contributed by atoms with Gasteiger partial charge in [-0.1, -0.05) is 19.8 Å². The van der Waals surface area contributed by atoms with Crippen molar-refractivity contribution >= 4 is 15.9 Å². The lowest BCUT2D eigenvalue weighted by Crippen LogP contribution is -2.43. The minimum absolute atomic E-state index is 0.0707. The predicted molar refractivity (Wildman–Crippen MR) is 101 cm³/mol. The molecule has 3 rings (SSSR count). The molecule has 1 amide bonds. The molecule has 1 saturated heterocycles. The van der Waals surface area contributed by atoms with Gasteiger partial charge in [0.15, 0.2) is 6.61 Å². The summed E-state index contributed by atoms with van der Waals surface area (Å²) in [6, 6.07) is 6.42. The van der Waals surface area contributed by atoms with E-state index in [1.807, 2.05) is 0 Å². The van der Waals surface area contributed by atoms with Gasteiger partial charge in [-0.3, -0.25) is 4.79 Å². The Morgan fingerprint density at radius 3 is 2.52 bits per heavy atom. The molecule has 0 radical (unpaired) electrons. The third kappa shape index (κ3) is 5.21. The Morgan fingerprint density at radius 2 is 1.85 bits per heavy atom. The van der Waals surface area contributed by atoms with Gasteiger partial charge in [-0.15, -0.1) is 0 Å². The summed E-state index contributed by atoms with van der Waals surface area (Å²) in [5, 5.41) is 3.04. The number of carbonyl (C=O) groups is 1. The van der Waals surface area contributed by atoms with Gasteiger partial charge in [0.2, 0.25) is 10.0 Å². The van der Waals surface area contributed by atoms with Crippen molar-refractivity contribution in [3.05, 3.63) is 24.3 Å². The molecule has 1 heterocycles. The van der Waals surface area contributed by atoms with Crippen molar-refractivity contribution in [3.63, 3.8) is 0 Å². The summed E-state index contributed by atoms with van der Waals surface area (Å²) < 4.78 is 37.3. The number of ether oxygens (including phenoxy) is 2. The van der Waals surface area contributed by atoms with Crippen LogP contribution in [0, 0.1) is 5.92 Å². The van der Waals surface area contributed by atoms with E-state index in [0.717, 1.165) is 19.3 Å². The van der Waals surface area contributed by atoms with E-state index in [9.17, 15) is 13.2 Å². The van der Waals surface area contributed by atoms with Gasteiger partial charge in [0.05, 0.1) is 18.1 Å². The van der Waals surface area contributed by atoms with Crippen LogP contribution >= 0.6 is 0 Å². The van der Waals surface area contributed by atoms with Crippen LogP contribution in [0.4, 0.5) is 0 Å². The van der Waals surface area contributed by atoms with Gasteiger partial charge in [-0.2, -0.15) is 4.31 Å². The van der Waals surface area contributed by atoms with Gasteiger partial charge in [-0.05, 0) is 43.0 Å². The number of hydrogen-bond acceptors (Lipinski definition) is 5. The zero-order chi connectivity index (χ0) is 19.3. The molecular formula is C19H28N2O5S. The van der Waals surface area contributed by atoms with Crippen molar-refractivity contribution < 1.29 is 22.7 Å². The summed E-state index contributed by atoms with van der Waals surface area (Å²) in [7, 11) is -3.52. The highest BCUT2D eigenvalue weighted by molar-refractivity contribution is 7.89. The SMILES string of the molecule is CC1CCCCC1NC(=O)COc1ccc(S(=O)(=O)N2CCOCC2)cc1. The Balaban J connectivity index is 1.52. The number of hydrogen-bond donors (Lipinski definition) is 1. The van der Waals surface area contributed by atoms with Gasteiger partial charge in [0.1, 0.15) is 5.75 Å². The fraction of sp³-hybridized carbons (Fsp3) is 0.632. The van der Waals surface area contributed by atoms with E-state index in [4.69, 9.17) is 9.47 Å². The number of amides is 1. The first kappa shape index (κ1) is 20.1. The molecule has 8 heteroatoms. The quantitative estimate of drug-likeness (QED) is 0.792. The van der Waals surface area contributed by atoms with Gasteiger partial charge < -0.3 is 14.8 Å². The van der Waals surface area contributed by atoms with Crippen LogP contribution in [0.25, 0.3) is 0 Å². The molecule has 1 aliphatic carbocycles. The molecule has 2 unspecified atom stereocenters. The number of nitrogens with one attached hydrogen (secondary N) is 1. The summed E-state index contributed by atoms with van der Waals surface area (Å²) in [6.07, 6.45) is 4.53. The van der Waals surface area contributed by atoms with E-state index in [0.29, 0.717) is 38.0 Å². The third-order valence-electron chi connectivity index (χ3n) is 5.26. The average Bonchev–Trinajstić information content (AvgIpc) is 2.69. The molecule has 2 atom stereocenters. The van der Waals surface area contributed by atoms with Crippen LogP contribution in [0.5, 0.6) is 5.75 Å². The van der Waals surface area contributed by atoms with Crippen molar-refractivity contribution in [1.82, 2.24) is 9.62 Å². The zero-order valence-corrected chi connectivity index (χ0v) is 16.5. The monoisotopic (exact) mass is 396 g/mol. The van der Waals surface area contributed by atoms with Crippen molar-refractivity contribution in [3.8, 4) is 5.75 Å². The highest BCUT2D eigenvalue weighted by Gasteiger charge is 2.26. The van der Waals surface area contributed by atoms with Crippen molar-refractivity contribution in [2.24, 2.45) is 5.92 Å². The molecule has 0 bridgehead atoms. The Bertz CT molecular complexity index is 729. The van der Waals surface area contributed by atoms with E-state index in [1.165, 1.54) is 22.9 Å². The zero-order valence-electron chi connectivity index (χ0n) is 15.7. The highest BCUT2D eigenvalue weighted by atomic mass is 32.2. The van der Waals surface area contributed by atoms with Crippen LogP contribution < -0.4 is 10.1 Å². The molecule has 2 fully saturated rings. The summed E-state index contributed by atoms with van der Waals surface area (Å²) in [5.74, 6) is 0.828. The van der Waals surface area contributed by atoms with E-state index < -0.39 is 10.0 Å². The first-order chi connectivity index (χ1) is 13.0. The second kappa shape index (κ2) is 9.03. The first-order valence-electron chi connectivity index (χ1n) is 9.57. The lowest BCUT2D eigenvalue weighted by molar-refractivity contribution is -0.124. The summed E-state index contributed by atoms with van der Waals surface area (Å²) in [4.78, 5) is 12.3. The maximum Gasteiger partial charge on any atom is 0.258 e. The molecule has 2 aliphatic rings. The largest absolute Gasteiger partial charge is 0.484 e. The first-order valence-corrected chi connectivity index (χ1v) is 11.0. The number of benzene rings is 1. The smallest absolute Gasteiger partial charge is 0.258 e. The van der Waals surface area contributed by atoms with Crippen LogP contribution in [-0.4, -0.2) is 57.6 Å². The summed E-state index contributed by atoms with van der Waals surface area (Å²) >= 11 is 0. The normalized spacial score (nSPS) is 24.3. The lowest BCUT2D eigenvalue weighted by atomic mass is 9.86. The minimum Gasteiger partial charge on any atom is -0.484 e. The Labute approximate surface area is 161 Å². The molecule has 0 spiro atoms. The van der Waals surface area contributed by atoms with E-state index in [1.54, 1.807) is 12.1 Å². The fourth-order valence-electron chi connectivity index (χ4n) is 3.57. The maximum atomic E-state index is 12.6. The Hall–Kier alpha value is -1.64. The van der Waals surface area contributed by atoms with E-state index >= 15 is 0 Å². The minimum atomic E-state index is -3.52. The molecule has 1 aromatic carbocycles. The number of carbonyl (C=O) groups excluding carboxylic acids is 1. The van der Waals surface area contributed by atoms with Gasteiger partial charge in [-0.25, -0.2) is 8.42 Å². The van der Waals surface area contributed by atoms with Crippen molar-refractivity contribution in [2.75, 3.05) is 32.9 Å². The van der Waals surface area contributed by atoms with Crippen LogP contribution in [0.15, 0.2) is 29.2 Å². The Morgan fingerprint density at radius 1 is 1.19 bits per heavy atom. The molecule has 0 aromatic heterocycles. The van der Waals surface area contributed by atoms with E-state index in [-0.39, 0.29) is 23.5 Å². The van der Waals surface area contributed by atoms with Gasteiger partial charge >= 0.3 is 0 Å². The molecule has 150 valence electrons. The molecule has 1 aromatic rings. The molecule has 27 heavy (non-hydrogen) atoms. The number of rotatable bonds is 6. The molecule has 1 aliphatic heterocycles. The molecule has 1 N–H and O–H groups in total. The number of nitrogens with zero attached hydrogens (tertiary/aromatic N) is 1. The Kier molecular flexibility index (Phi) is 6.73. The van der Waals surface area contributed by atoms with Gasteiger partial charge in [0, 0.05) is 19.1 Å². The second-order valence-electron chi connectivity index (χ2n) is 7.21. The van der Waals surface area contributed by atoms with Crippen LogP contribution in [0.2, 0.25) is 0 Å². The van der Waals surface area contributed by atoms with Crippen molar-refractivity contribution in [2.45, 2.75) is 43.5 Å².